The number of amides is 1. The van der Waals surface area contributed by atoms with Crippen molar-refractivity contribution in [2.75, 3.05) is 11.4 Å². The van der Waals surface area contributed by atoms with Gasteiger partial charge in [-0.2, -0.15) is 0 Å². The van der Waals surface area contributed by atoms with Gasteiger partial charge in [-0.1, -0.05) is 36.5 Å². The Labute approximate surface area is 144 Å². The SMILES string of the molecule is C=C1CN=C(N(C(C)=O)c2c(C)n(C)n(-c3ccccc3)c2=O)S1. The maximum Gasteiger partial charge on any atom is 0.296 e. The molecule has 0 saturated carbocycles. The van der Waals surface area contributed by atoms with Crippen molar-refractivity contribution in [3.05, 3.63) is 57.9 Å². The minimum atomic E-state index is -0.253. The largest absolute Gasteiger partial charge is 0.296 e. The minimum absolute atomic E-state index is 0.248. The molecule has 0 aliphatic carbocycles. The topological polar surface area (TPSA) is 59.6 Å². The van der Waals surface area contributed by atoms with Crippen molar-refractivity contribution in [3.8, 4) is 5.69 Å². The van der Waals surface area contributed by atoms with Crippen molar-refractivity contribution in [3.63, 3.8) is 0 Å². The Morgan fingerprint density at radius 1 is 1.33 bits per heavy atom. The van der Waals surface area contributed by atoms with Gasteiger partial charge in [0.2, 0.25) is 5.91 Å². The van der Waals surface area contributed by atoms with Gasteiger partial charge in [-0.25, -0.2) is 4.68 Å². The number of thioether (sulfide) groups is 1. The monoisotopic (exact) mass is 342 g/mol. The fourth-order valence-electron chi connectivity index (χ4n) is 2.67. The number of amidine groups is 1. The van der Waals surface area contributed by atoms with E-state index >= 15 is 0 Å². The van der Waals surface area contributed by atoms with Crippen molar-refractivity contribution < 1.29 is 4.79 Å². The van der Waals surface area contributed by atoms with E-state index in [1.165, 1.54) is 23.6 Å². The van der Waals surface area contributed by atoms with Gasteiger partial charge in [0.1, 0.15) is 5.69 Å². The number of carbonyl (C=O) groups is 1. The highest BCUT2D eigenvalue weighted by Gasteiger charge is 2.30. The molecule has 1 aliphatic heterocycles. The average molecular weight is 342 g/mol. The molecule has 0 saturated heterocycles. The molecule has 1 amide bonds. The lowest BCUT2D eigenvalue weighted by Gasteiger charge is -2.18. The lowest BCUT2D eigenvalue weighted by Crippen LogP contribution is -2.36. The lowest BCUT2D eigenvalue weighted by atomic mass is 10.3. The zero-order valence-corrected chi connectivity index (χ0v) is 14.6. The molecule has 24 heavy (non-hydrogen) atoms. The Hall–Kier alpha value is -2.54. The van der Waals surface area contributed by atoms with Gasteiger partial charge in [-0.3, -0.25) is 24.2 Å². The average Bonchev–Trinajstić information content (AvgIpc) is 3.06. The van der Waals surface area contributed by atoms with E-state index in [9.17, 15) is 9.59 Å². The maximum absolute atomic E-state index is 13.1. The van der Waals surface area contributed by atoms with Crippen LogP contribution in [0.15, 0.2) is 51.6 Å². The molecule has 1 aromatic carbocycles. The van der Waals surface area contributed by atoms with Gasteiger partial charge in [0.05, 0.1) is 17.9 Å². The van der Waals surface area contributed by atoms with Gasteiger partial charge >= 0.3 is 0 Å². The highest BCUT2D eigenvalue weighted by atomic mass is 32.2. The molecule has 1 aromatic heterocycles. The number of anilines is 1. The zero-order chi connectivity index (χ0) is 17.4. The summed E-state index contributed by atoms with van der Waals surface area (Å²) in [5, 5.41) is 0.499. The number of aliphatic imine (C=N–C) groups is 1. The Morgan fingerprint density at radius 2 is 2.00 bits per heavy atom. The lowest BCUT2D eigenvalue weighted by molar-refractivity contribution is -0.115. The number of hydrogen-bond acceptors (Lipinski definition) is 4. The van der Waals surface area contributed by atoms with E-state index in [-0.39, 0.29) is 11.5 Å². The third-order valence-electron chi connectivity index (χ3n) is 3.88. The molecule has 0 N–H and O–H groups in total. The van der Waals surface area contributed by atoms with Gasteiger partial charge in [-0.05, 0) is 19.1 Å². The van der Waals surface area contributed by atoms with Crippen LogP contribution in [0, 0.1) is 6.92 Å². The normalized spacial score (nSPS) is 14.0. The number of hydrogen-bond donors (Lipinski definition) is 0. The van der Waals surface area contributed by atoms with Crippen LogP contribution in [0.1, 0.15) is 12.6 Å². The molecule has 0 atom stereocenters. The summed E-state index contributed by atoms with van der Waals surface area (Å²) in [7, 11) is 1.80. The standard InChI is InChI=1S/C17H18N4O2S/c1-11-10-18-17(24-11)20(13(3)22)15-12(2)19(4)21(16(15)23)14-8-6-5-7-9-14/h5-9H,1,10H2,2-4H3. The van der Waals surface area contributed by atoms with Gasteiger partial charge in [-0.15, -0.1) is 0 Å². The summed E-state index contributed by atoms with van der Waals surface area (Å²) in [6.07, 6.45) is 0. The first-order valence-electron chi connectivity index (χ1n) is 7.46. The molecule has 0 bridgehead atoms. The maximum atomic E-state index is 13.1. The van der Waals surface area contributed by atoms with Crippen LogP contribution in [0.25, 0.3) is 5.69 Å². The van der Waals surface area contributed by atoms with Crippen LogP contribution in [0.5, 0.6) is 0 Å². The van der Waals surface area contributed by atoms with Crippen molar-refractivity contribution in [1.82, 2.24) is 9.36 Å². The number of rotatable bonds is 2. The van der Waals surface area contributed by atoms with Crippen molar-refractivity contribution in [2.24, 2.45) is 12.0 Å². The van der Waals surface area contributed by atoms with Gasteiger partial charge in [0.25, 0.3) is 5.56 Å². The number of benzene rings is 1. The van der Waals surface area contributed by atoms with Crippen LogP contribution >= 0.6 is 11.8 Å². The first-order chi connectivity index (χ1) is 11.4. The molecule has 0 unspecified atom stereocenters. The summed E-state index contributed by atoms with van der Waals surface area (Å²) in [6.45, 7) is 7.59. The molecule has 124 valence electrons. The van der Waals surface area contributed by atoms with Gasteiger partial charge in [0.15, 0.2) is 5.17 Å². The third-order valence-corrected chi connectivity index (χ3v) is 4.79. The van der Waals surface area contributed by atoms with E-state index in [1.807, 2.05) is 37.3 Å². The summed E-state index contributed by atoms with van der Waals surface area (Å²) in [6, 6.07) is 9.34. The van der Waals surface area contributed by atoms with E-state index in [0.717, 1.165) is 10.6 Å². The first kappa shape index (κ1) is 16.3. The molecular formula is C17H18N4O2S. The van der Waals surface area contributed by atoms with Crippen molar-refractivity contribution in [2.45, 2.75) is 13.8 Å². The Bertz CT molecular complexity index is 909. The number of carbonyl (C=O) groups excluding carboxylic acids is 1. The molecule has 0 fully saturated rings. The predicted molar refractivity (Wildman–Crippen MR) is 97.9 cm³/mol. The van der Waals surface area contributed by atoms with E-state index in [1.54, 1.807) is 16.4 Å². The summed E-state index contributed by atoms with van der Waals surface area (Å²) < 4.78 is 3.30. The van der Waals surface area contributed by atoms with Crippen LogP contribution < -0.4 is 10.5 Å². The van der Waals surface area contributed by atoms with Crippen LogP contribution in [-0.2, 0) is 11.8 Å². The summed E-state index contributed by atoms with van der Waals surface area (Å²) in [5.74, 6) is -0.248. The van der Waals surface area contributed by atoms with Gasteiger partial charge in [0, 0.05) is 18.9 Å². The van der Waals surface area contributed by atoms with E-state index < -0.39 is 0 Å². The molecule has 1 aliphatic rings. The van der Waals surface area contributed by atoms with Crippen LogP contribution in [-0.4, -0.2) is 27.0 Å². The van der Waals surface area contributed by atoms with Crippen molar-refractivity contribution in [1.29, 1.82) is 0 Å². The molecule has 2 aromatic rings. The number of aromatic nitrogens is 2. The Balaban J connectivity index is 2.20. The number of nitrogens with zero attached hydrogens (tertiary/aromatic N) is 4. The molecule has 0 spiro atoms. The molecule has 0 radical (unpaired) electrons. The molecule has 2 heterocycles. The Morgan fingerprint density at radius 3 is 2.54 bits per heavy atom. The smallest absolute Gasteiger partial charge is 0.283 e. The van der Waals surface area contributed by atoms with Gasteiger partial charge < -0.3 is 0 Å². The quantitative estimate of drug-likeness (QED) is 0.842. The highest BCUT2D eigenvalue weighted by Crippen LogP contribution is 2.29. The second-order valence-electron chi connectivity index (χ2n) is 5.50. The molecule has 7 heteroatoms. The van der Waals surface area contributed by atoms with E-state index in [0.29, 0.717) is 23.1 Å². The van der Waals surface area contributed by atoms with E-state index in [2.05, 4.69) is 11.6 Å². The predicted octanol–water partition coefficient (Wildman–Crippen LogP) is 2.45. The van der Waals surface area contributed by atoms with E-state index in [4.69, 9.17) is 0 Å². The first-order valence-corrected chi connectivity index (χ1v) is 8.28. The number of para-hydroxylation sites is 1. The second kappa shape index (κ2) is 6.16. The fourth-order valence-corrected chi connectivity index (χ4v) is 3.49. The Kier molecular flexibility index (Phi) is 4.19. The second-order valence-corrected chi connectivity index (χ2v) is 6.65. The van der Waals surface area contributed by atoms with Crippen molar-refractivity contribution >= 4 is 28.5 Å². The third kappa shape index (κ3) is 2.60. The summed E-state index contributed by atoms with van der Waals surface area (Å²) in [5.41, 5.74) is 1.51. The highest BCUT2D eigenvalue weighted by molar-refractivity contribution is 8.17. The molecule has 6 nitrogen and oxygen atoms in total. The van der Waals surface area contributed by atoms with Crippen LogP contribution in [0.3, 0.4) is 0 Å². The molecular weight excluding hydrogens is 324 g/mol. The fraction of sp³-hybridized carbons (Fsp3) is 0.235. The zero-order valence-electron chi connectivity index (χ0n) is 13.8. The molecule has 3 rings (SSSR count). The van der Waals surface area contributed by atoms with Crippen LogP contribution in [0.4, 0.5) is 5.69 Å². The minimum Gasteiger partial charge on any atom is -0.283 e. The summed E-state index contributed by atoms with van der Waals surface area (Å²) >= 11 is 1.33. The van der Waals surface area contributed by atoms with Crippen LogP contribution in [0.2, 0.25) is 0 Å². The summed E-state index contributed by atoms with van der Waals surface area (Å²) in [4.78, 5) is 31.9.